The van der Waals surface area contributed by atoms with Crippen molar-refractivity contribution < 1.29 is 4.74 Å². The summed E-state index contributed by atoms with van der Waals surface area (Å²) < 4.78 is 7.61. The minimum absolute atomic E-state index is 0.0111. The van der Waals surface area contributed by atoms with Gasteiger partial charge < -0.3 is 4.74 Å². The van der Waals surface area contributed by atoms with Gasteiger partial charge in [-0.2, -0.15) is 0 Å². The molecule has 1 heterocycles. The first-order chi connectivity index (χ1) is 16.0. The minimum Gasteiger partial charge on any atom is -0.492 e. The highest BCUT2D eigenvalue weighted by atomic mass is 35.5. The molecule has 0 unspecified atom stereocenters. The number of ether oxygens (including phenoxy) is 1. The summed E-state index contributed by atoms with van der Waals surface area (Å²) in [4.78, 5) is 18.0. The molecule has 33 heavy (non-hydrogen) atoms. The summed E-state index contributed by atoms with van der Waals surface area (Å²) in [6.07, 6.45) is 3.81. The summed E-state index contributed by atoms with van der Waals surface area (Å²) in [5.41, 5.74) is 2.70. The van der Waals surface area contributed by atoms with Gasteiger partial charge in [0.25, 0.3) is 5.56 Å². The summed E-state index contributed by atoms with van der Waals surface area (Å²) in [5, 5.41) is 1.93. The Morgan fingerprint density at radius 3 is 2.48 bits per heavy atom. The zero-order valence-corrected chi connectivity index (χ0v) is 20.1. The van der Waals surface area contributed by atoms with Gasteiger partial charge >= 0.3 is 0 Å². The molecule has 6 heteroatoms. The molecule has 4 rings (SSSR count). The van der Waals surface area contributed by atoms with E-state index >= 15 is 0 Å². The van der Waals surface area contributed by atoms with Crippen LogP contribution in [-0.2, 0) is 6.54 Å². The van der Waals surface area contributed by atoms with Crippen LogP contribution < -0.4 is 10.3 Å². The molecule has 0 radical (unpaired) electrons. The number of aryl methyl sites for hydroxylation is 1. The average molecular weight is 481 g/mol. The van der Waals surface area contributed by atoms with Crippen molar-refractivity contribution in [3.8, 4) is 17.1 Å². The zero-order chi connectivity index (χ0) is 23.2. The summed E-state index contributed by atoms with van der Waals surface area (Å²) >= 11 is 12.2. The number of benzene rings is 3. The molecule has 0 aliphatic heterocycles. The normalized spacial score (nSPS) is 11.1. The van der Waals surface area contributed by atoms with Crippen molar-refractivity contribution in [2.75, 3.05) is 6.61 Å². The van der Waals surface area contributed by atoms with E-state index in [9.17, 15) is 4.79 Å². The lowest BCUT2D eigenvalue weighted by molar-refractivity contribution is 0.304. The first-order valence-corrected chi connectivity index (χ1v) is 11.9. The fraction of sp³-hybridized carbons (Fsp3) is 0.259. The summed E-state index contributed by atoms with van der Waals surface area (Å²) in [6, 6.07) is 20.7. The van der Waals surface area contributed by atoms with Crippen molar-refractivity contribution in [2.45, 2.75) is 39.2 Å². The fourth-order valence-corrected chi connectivity index (χ4v) is 4.12. The predicted octanol–water partition coefficient (Wildman–Crippen LogP) is 7.32. The van der Waals surface area contributed by atoms with Gasteiger partial charge in [0.2, 0.25) is 0 Å². The Morgan fingerprint density at radius 1 is 0.909 bits per heavy atom. The largest absolute Gasteiger partial charge is 0.492 e. The monoisotopic (exact) mass is 480 g/mol. The van der Waals surface area contributed by atoms with Crippen molar-refractivity contribution in [3.63, 3.8) is 0 Å². The van der Waals surface area contributed by atoms with Gasteiger partial charge in [-0.3, -0.25) is 9.36 Å². The topological polar surface area (TPSA) is 44.1 Å². The highest BCUT2D eigenvalue weighted by molar-refractivity contribution is 6.32. The molecule has 0 aliphatic rings. The molecule has 0 atom stereocenters. The van der Waals surface area contributed by atoms with E-state index < -0.39 is 0 Å². The molecule has 0 amide bonds. The molecular weight excluding hydrogens is 455 g/mol. The van der Waals surface area contributed by atoms with Crippen LogP contribution in [0.25, 0.3) is 22.3 Å². The zero-order valence-electron chi connectivity index (χ0n) is 18.6. The number of rotatable bonds is 9. The molecule has 0 aliphatic carbocycles. The van der Waals surface area contributed by atoms with E-state index in [0.717, 1.165) is 42.6 Å². The molecule has 0 spiro atoms. The van der Waals surface area contributed by atoms with Crippen molar-refractivity contribution in [1.82, 2.24) is 9.55 Å². The number of hydrogen-bond donors (Lipinski definition) is 0. The number of nitrogens with zero attached hydrogens (tertiary/aromatic N) is 2. The van der Waals surface area contributed by atoms with Crippen LogP contribution in [0.5, 0.6) is 5.75 Å². The number of hydrogen-bond acceptors (Lipinski definition) is 3. The molecule has 1 aromatic heterocycles. The smallest absolute Gasteiger partial charge is 0.261 e. The van der Waals surface area contributed by atoms with Crippen molar-refractivity contribution in [1.29, 1.82) is 0 Å². The lowest BCUT2D eigenvalue weighted by Gasteiger charge is -2.14. The lowest BCUT2D eigenvalue weighted by atomic mass is 10.1. The second-order valence-corrected chi connectivity index (χ2v) is 8.96. The van der Waals surface area contributed by atoms with Crippen molar-refractivity contribution in [3.05, 3.63) is 92.7 Å². The van der Waals surface area contributed by atoms with Crippen LogP contribution >= 0.6 is 23.2 Å². The van der Waals surface area contributed by atoms with Crippen LogP contribution in [0.3, 0.4) is 0 Å². The highest BCUT2D eigenvalue weighted by Gasteiger charge is 2.12. The Kier molecular flexibility index (Phi) is 7.69. The summed E-state index contributed by atoms with van der Waals surface area (Å²) in [7, 11) is 0. The number of fused-ring (bicyclic) bond motifs is 1. The van der Waals surface area contributed by atoms with Gasteiger partial charge in [0, 0.05) is 17.1 Å². The average Bonchev–Trinajstić information content (AvgIpc) is 2.82. The minimum atomic E-state index is -0.0111. The van der Waals surface area contributed by atoms with E-state index in [1.54, 1.807) is 4.57 Å². The summed E-state index contributed by atoms with van der Waals surface area (Å²) in [6.45, 7) is 3.25. The molecule has 0 fully saturated rings. The molecule has 0 bridgehead atoms. The molecule has 170 valence electrons. The highest BCUT2D eigenvalue weighted by Crippen LogP contribution is 2.25. The van der Waals surface area contributed by atoms with E-state index in [0.29, 0.717) is 39.9 Å². The van der Waals surface area contributed by atoms with Crippen molar-refractivity contribution >= 4 is 34.1 Å². The van der Waals surface area contributed by atoms with Gasteiger partial charge in [-0.05, 0) is 73.9 Å². The van der Waals surface area contributed by atoms with Gasteiger partial charge in [0.05, 0.1) is 22.5 Å². The number of halogens is 2. The SMILES string of the molecule is Cc1ccc(Cl)c(OCCCCCCn2c(-c3ccc(Cl)cc3)nc3ccccc3c2=O)c1. The molecule has 0 saturated heterocycles. The van der Waals surface area contributed by atoms with Gasteiger partial charge in [-0.25, -0.2) is 4.98 Å². The predicted molar refractivity (Wildman–Crippen MR) is 137 cm³/mol. The van der Waals surface area contributed by atoms with E-state index in [4.69, 9.17) is 32.9 Å². The van der Waals surface area contributed by atoms with Crippen LogP contribution in [0.2, 0.25) is 10.0 Å². The standard InChI is InChI=1S/C27H26Cl2N2O2/c1-19-10-15-23(29)25(18-19)33-17-7-3-2-6-16-31-26(20-11-13-21(28)14-12-20)30-24-9-5-4-8-22(24)27(31)32/h4-5,8-15,18H,2-3,6-7,16-17H2,1H3. The van der Waals surface area contributed by atoms with E-state index in [2.05, 4.69) is 0 Å². The van der Waals surface area contributed by atoms with Crippen LogP contribution in [0, 0.1) is 6.92 Å². The lowest BCUT2D eigenvalue weighted by Crippen LogP contribution is -2.23. The second kappa shape index (κ2) is 10.9. The van der Waals surface area contributed by atoms with Crippen LogP contribution in [0.1, 0.15) is 31.2 Å². The Balaban J connectivity index is 1.40. The first kappa shape index (κ1) is 23.3. The Labute approximate surface area is 203 Å². The van der Waals surface area contributed by atoms with Gasteiger partial charge in [0.1, 0.15) is 11.6 Å². The number of unbranched alkanes of at least 4 members (excludes halogenated alkanes) is 3. The Bertz CT molecular complexity index is 1300. The number of aromatic nitrogens is 2. The van der Waals surface area contributed by atoms with Crippen LogP contribution in [0.15, 0.2) is 71.5 Å². The van der Waals surface area contributed by atoms with Gasteiger partial charge in [-0.15, -0.1) is 0 Å². The maximum Gasteiger partial charge on any atom is 0.261 e. The van der Waals surface area contributed by atoms with Gasteiger partial charge in [-0.1, -0.05) is 54.2 Å². The third-order valence-electron chi connectivity index (χ3n) is 5.58. The molecule has 0 N–H and O–H groups in total. The summed E-state index contributed by atoms with van der Waals surface area (Å²) in [5.74, 6) is 1.41. The maximum absolute atomic E-state index is 13.2. The van der Waals surface area contributed by atoms with E-state index in [1.807, 2.05) is 73.7 Å². The molecular formula is C27H26Cl2N2O2. The third-order valence-corrected chi connectivity index (χ3v) is 6.15. The Morgan fingerprint density at radius 2 is 1.67 bits per heavy atom. The van der Waals surface area contributed by atoms with Gasteiger partial charge in [0.15, 0.2) is 0 Å². The molecule has 4 nitrogen and oxygen atoms in total. The number of para-hydroxylation sites is 1. The molecule has 3 aromatic carbocycles. The van der Waals surface area contributed by atoms with Crippen molar-refractivity contribution in [2.24, 2.45) is 0 Å². The fourth-order valence-electron chi connectivity index (χ4n) is 3.82. The third kappa shape index (κ3) is 5.76. The second-order valence-electron chi connectivity index (χ2n) is 8.11. The maximum atomic E-state index is 13.2. The first-order valence-electron chi connectivity index (χ1n) is 11.2. The van der Waals surface area contributed by atoms with E-state index in [1.165, 1.54) is 0 Å². The molecule has 0 saturated carbocycles. The Hall–Kier alpha value is -2.82. The van der Waals surface area contributed by atoms with Crippen LogP contribution in [-0.4, -0.2) is 16.2 Å². The van der Waals surface area contributed by atoms with E-state index in [-0.39, 0.29) is 5.56 Å². The van der Waals surface area contributed by atoms with Crippen LogP contribution in [0.4, 0.5) is 0 Å². The molecule has 4 aromatic rings. The quantitative estimate of drug-likeness (QED) is 0.235.